The number of thiophene rings is 1. The fourth-order valence-corrected chi connectivity index (χ4v) is 5.19. The molecule has 0 amide bonds. The third kappa shape index (κ3) is 3.30. The molecule has 0 bridgehead atoms. The first-order chi connectivity index (χ1) is 14.1. The van der Waals surface area contributed by atoms with Crippen LogP contribution >= 0.6 is 22.9 Å². The molecular weight excluding hydrogens is 411 g/mol. The minimum atomic E-state index is -0.399. The van der Waals surface area contributed by atoms with Crippen LogP contribution in [0.25, 0.3) is 27.0 Å². The molecule has 5 rings (SSSR count). The minimum Gasteiger partial charge on any atom is -0.305 e. The monoisotopic (exact) mass is 426 g/mol. The number of imidazole rings is 1. The smallest absolute Gasteiger partial charge is 0.260 e. The van der Waals surface area contributed by atoms with Crippen molar-refractivity contribution in [1.29, 1.82) is 0 Å². The van der Waals surface area contributed by atoms with Gasteiger partial charge in [0.15, 0.2) is 5.82 Å². The summed E-state index contributed by atoms with van der Waals surface area (Å²) in [7, 11) is 0. The molecule has 146 valence electrons. The summed E-state index contributed by atoms with van der Waals surface area (Å²) in [5.41, 5.74) is 1.93. The van der Waals surface area contributed by atoms with Crippen molar-refractivity contribution in [2.45, 2.75) is 25.7 Å². The lowest BCUT2D eigenvalue weighted by Crippen LogP contribution is -2.12. The molecule has 0 atom stereocenters. The summed E-state index contributed by atoms with van der Waals surface area (Å²) in [6.07, 6.45) is 10.6. The number of H-pyrrole nitrogens is 1. The van der Waals surface area contributed by atoms with E-state index in [1.54, 1.807) is 46.5 Å². The van der Waals surface area contributed by atoms with E-state index < -0.39 is 5.82 Å². The van der Waals surface area contributed by atoms with Gasteiger partial charge in [-0.15, -0.1) is 11.3 Å². The van der Waals surface area contributed by atoms with Crippen molar-refractivity contribution in [3.63, 3.8) is 0 Å². The van der Waals surface area contributed by atoms with E-state index in [1.165, 1.54) is 17.3 Å². The van der Waals surface area contributed by atoms with E-state index in [4.69, 9.17) is 11.6 Å². The van der Waals surface area contributed by atoms with E-state index in [9.17, 15) is 9.18 Å². The van der Waals surface area contributed by atoms with Crippen LogP contribution in [0.2, 0.25) is 0 Å². The lowest BCUT2D eigenvalue weighted by atomic mass is 9.97. The Morgan fingerprint density at radius 2 is 2.17 bits per heavy atom. The minimum absolute atomic E-state index is 0.169. The molecular formula is C21H16ClFN4OS. The Balaban J connectivity index is 1.52. The predicted molar refractivity (Wildman–Crippen MR) is 114 cm³/mol. The van der Waals surface area contributed by atoms with Crippen LogP contribution < -0.4 is 5.56 Å². The third-order valence-electron chi connectivity index (χ3n) is 5.10. The first-order valence-electron chi connectivity index (χ1n) is 9.30. The van der Waals surface area contributed by atoms with Gasteiger partial charge in [0, 0.05) is 17.3 Å². The number of nitrogens with zero attached hydrogens (tertiary/aromatic N) is 3. The van der Waals surface area contributed by atoms with Gasteiger partial charge in [-0.3, -0.25) is 4.79 Å². The zero-order valence-electron chi connectivity index (χ0n) is 15.3. The molecule has 0 unspecified atom stereocenters. The Morgan fingerprint density at radius 1 is 1.31 bits per heavy atom. The number of hydrogen-bond donors (Lipinski definition) is 1. The second-order valence-electron chi connectivity index (χ2n) is 6.98. The maximum absolute atomic E-state index is 14.5. The van der Waals surface area contributed by atoms with Crippen LogP contribution in [0, 0.1) is 5.82 Å². The lowest BCUT2D eigenvalue weighted by molar-refractivity contribution is 0.618. The Kier molecular flexibility index (Phi) is 4.56. The molecule has 1 N–H and O–H groups in total. The Morgan fingerprint density at radius 3 is 2.97 bits per heavy atom. The van der Waals surface area contributed by atoms with Crippen molar-refractivity contribution in [3.05, 3.63) is 74.9 Å². The van der Waals surface area contributed by atoms with Crippen molar-refractivity contribution < 1.29 is 4.39 Å². The number of benzene rings is 1. The zero-order valence-corrected chi connectivity index (χ0v) is 16.9. The molecule has 0 saturated heterocycles. The number of aryl methyl sites for hydroxylation is 2. The molecule has 0 fully saturated rings. The topological polar surface area (TPSA) is 63.6 Å². The van der Waals surface area contributed by atoms with Gasteiger partial charge in [0.05, 0.1) is 22.4 Å². The number of aromatic nitrogens is 4. The van der Waals surface area contributed by atoms with Gasteiger partial charge in [0.1, 0.15) is 10.6 Å². The summed E-state index contributed by atoms with van der Waals surface area (Å²) in [6.45, 7) is 0. The average molecular weight is 427 g/mol. The van der Waals surface area contributed by atoms with Gasteiger partial charge in [-0.1, -0.05) is 17.7 Å². The van der Waals surface area contributed by atoms with Gasteiger partial charge in [0.25, 0.3) is 5.56 Å². The van der Waals surface area contributed by atoms with E-state index in [-0.39, 0.29) is 10.6 Å². The van der Waals surface area contributed by atoms with Crippen LogP contribution in [0.4, 0.5) is 4.39 Å². The van der Waals surface area contributed by atoms with Gasteiger partial charge >= 0.3 is 0 Å². The number of rotatable bonds is 3. The maximum atomic E-state index is 14.5. The molecule has 1 aromatic carbocycles. The van der Waals surface area contributed by atoms with Crippen LogP contribution in [-0.4, -0.2) is 19.5 Å². The quantitative estimate of drug-likeness (QED) is 0.505. The number of hydrogen-bond acceptors (Lipinski definition) is 4. The molecule has 8 heteroatoms. The largest absolute Gasteiger partial charge is 0.305 e. The molecule has 1 aliphatic rings. The highest BCUT2D eigenvalue weighted by molar-refractivity contribution is 7.18. The van der Waals surface area contributed by atoms with E-state index in [0.717, 1.165) is 31.2 Å². The summed E-state index contributed by atoms with van der Waals surface area (Å²) in [5.74, 6) is -0.106. The number of fused-ring (bicyclic) bond motifs is 3. The number of nitrogens with one attached hydrogen (secondary N) is 1. The van der Waals surface area contributed by atoms with Crippen LogP contribution in [0.15, 0.2) is 41.7 Å². The van der Waals surface area contributed by atoms with Gasteiger partial charge in [-0.2, -0.15) is 0 Å². The average Bonchev–Trinajstić information content (AvgIpc) is 3.35. The van der Waals surface area contributed by atoms with Gasteiger partial charge < -0.3 is 9.55 Å². The molecule has 29 heavy (non-hydrogen) atoms. The molecule has 0 saturated carbocycles. The van der Waals surface area contributed by atoms with Gasteiger partial charge in [-0.25, -0.2) is 14.4 Å². The van der Waals surface area contributed by atoms with Crippen molar-refractivity contribution in [2.75, 3.05) is 0 Å². The second-order valence-corrected chi connectivity index (χ2v) is 8.47. The summed E-state index contributed by atoms with van der Waals surface area (Å²) >= 11 is 8.00. The van der Waals surface area contributed by atoms with Crippen LogP contribution in [0.5, 0.6) is 0 Å². The molecule has 4 aromatic rings. The fourth-order valence-electron chi connectivity index (χ4n) is 3.72. The molecule has 0 spiro atoms. The van der Waals surface area contributed by atoms with Crippen molar-refractivity contribution in [2.24, 2.45) is 0 Å². The molecule has 0 radical (unpaired) electrons. The summed E-state index contributed by atoms with van der Waals surface area (Å²) in [4.78, 5) is 25.9. The summed E-state index contributed by atoms with van der Waals surface area (Å²) in [6, 6.07) is 4.79. The number of halogens is 2. The van der Waals surface area contributed by atoms with Crippen molar-refractivity contribution >= 4 is 44.3 Å². The van der Waals surface area contributed by atoms with E-state index in [0.29, 0.717) is 27.3 Å². The molecule has 0 aliphatic heterocycles. The SMILES string of the molecule is O=c1[nH]c(C(Cl)=Cc2ccc(-n3ccnc3)c(F)c2)nc2sc3c(c12)CCCC3. The number of aromatic amines is 1. The molecule has 1 aliphatic carbocycles. The predicted octanol–water partition coefficient (Wildman–Crippen LogP) is 4.93. The van der Waals surface area contributed by atoms with E-state index in [2.05, 4.69) is 15.0 Å². The second kappa shape index (κ2) is 7.24. The van der Waals surface area contributed by atoms with Crippen molar-refractivity contribution in [3.8, 4) is 5.69 Å². The normalized spacial score (nSPS) is 14.3. The Hall–Kier alpha value is -2.77. The summed E-state index contributed by atoms with van der Waals surface area (Å²) in [5, 5.41) is 0.943. The lowest BCUT2D eigenvalue weighted by Gasteiger charge is -2.09. The van der Waals surface area contributed by atoms with Gasteiger partial charge in [0.2, 0.25) is 0 Å². The Bertz CT molecular complexity index is 1310. The van der Waals surface area contributed by atoms with Crippen LogP contribution in [-0.2, 0) is 12.8 Å². The third-order valence-corrected chi connectivity index (χ3v) is 6.57. The highest BCUT2D eigenvalue weighted by Gasteiger charge is 2.20. The van der Waals surface area contributed by atoms with Crippen molar-refractivity contribution in [1.82, 2.24) is 19.5 Å². The summed E-state index contributed by atoms with van der Waals surface area (Å²) < 4.78 is 16.1. The van der Waals surface area contributed by atoms with Crippen LogP contribution in [0.1, 0.15) is 34.7 Å². The van der Waals surface area contributed by atoms with Gasteiger partial charge in [-0.05, 0) is 55.0 Å². The first kappa shape index (κ1) is 18.3. The van der Waals surface area contributed by atoms with Crippen LogP contribution in [0.3, 0.4) is 0 Å². The van der Waals surface area contributed by atoms with E-state index >= 15 is 0 Å². The molecule has 3 heterocycles. The fraction of sp³-hybridized carbons (Fsp3) is 0.190. The highest BCUT2D eigenvalue weighted by atomic mass is 35.5. The Labute approximate surface area is 174 Å². The molecule has 5 nitrogen and oxygen atoms in total. The maximum Gasteiger partial charge on any atom is 0.260 e. The van der Waals surface area contributed by atoms with E-state index in [1.807, 2.05) is 0 Å². The highest BCUT2D eigenvalue weighted by Crippen LogP contribution is 2.34. The first-order valence-corrected chi connectivity index (χ1v) is 10.5. The zero-order chi connectivity index (χ0) is 20.0. The molecule has 3 aromatic heterocycles. The standard InChI is InChI=1S/C21H16ClFN4OS/c22-14(9-12-5-6-16(15(23)10-12)27-8-7-24-11-27)19-25-20(28)18-13-3-1-2-4-17(13)29-21(18)26-19/h5-11H,1-4H2,(H,25,26,28).